The molecule has 1 aromatic rings. The van der Waals surface area contributed by atoms with Gasteiger partial charge in [0.2, 0.25) is 5.91 Å². The molecule has 1 saturated heterocycles. The molecule has 1 heterocycles. The Hall–Kier alpha value is -1.35. The van der Waals surface area contributed by atoms with Gasteiger partial charge in [-0.05, 0) is 43.2 Å². The summed E-state index contributed by atoms with van der Waals surface area (Å²) in [5, 5.41) is 6.69. The fourth-order valence-electron chi connectivity index (χ4n) is 4.17. The SMILES string of the molecule is O=C(NC1CC1c1ccccc1)C1NCC2CCCC21. The van der Waals surface area contributed by atoms with Crippen molar-refractivity contribution in [3.8, 4) is 0 Å². The van der Waals surface area contributed by atoms with Gasteiger partial charge in [-0.1, -0.05) is 36.8 Å². The van der Waals surface area contributed by atoms with Crippen LogP contribution in [0.4, 0.5) is 0 Å². The number of nitrogens with one attached hydrogen (secondary N) is 2. The van der Waals surface area contributed by atoms with Gasteiger partial charge in [-0.15, -0.1) is 0 Å². The molecule has 4 rings (SSSR count). The third kappa shape index (κ3) is 2.14. The van der Waals surface area contributed by atoms with Crippen LogP contribution in [0.3, 0.4) is 0 Å². The Morgan fingerprint density at radius 1 is 1.20 bits per heavy atom. The van der Waals surface area contributed by atoms with E-state index in [0.29, 0.717) is 17.9 Å². The molecule has 3 heteroatoms. The minimum Gasteiger partial charge on any atom is -0.351 e. The number of rotatable bonds is 3. The van der Waals surface area contributed by atoms with Crippen LogP contribution >= 0.6 is 0 Å². The van der Waals surface area contributed by atoms with E-state index in [4.69, 9.17) is 0 Å². The number of hydrogen-bond acceptors (Lipinski definition) is 2. The van der Waals surface area contributed by atoms with Gasteiger partial charge in [0.05, 0.1) is 6.04 Å². The summed E-state index contributed by atoms with van der Waals surface area (Å²) >= 11 is 0. The first-order chi connectivity index (χ1) is 9.83. The van der Waals surface area contributed by atoms with E-state index in [0.717, 1.165) is 18.9 Å². The van der Waals surface area contributed by atoms with Gasteiger partial charge in [0.15, 0.2) is 0 Å². The maximum atomic E-state index is 12.4. The van der Waals surface area contributed by atoms with Gasteiger partial charge >= 0.3 is 0 Å². The van der Waals surface area contributed by atoms with E-state index in [1.165, 1.54) is 24.8 Å². The second-order valence-electron chi connectivity index (χ2n) is 6.61. The van der Waals surface area contributed by atoms with E-state index >= 15 is 0 Å². The number of carbonyl (C=O) groups excluding carboxylic acids is 1. The third-order valence-electron chi connectivity index (χ3n) is 5.37. The molecule has 3 nitrogen and oxygen atoms in total. The number of amides is 1. The molecular formula is C17H22N2O. The van der Waals surface area contributed by atoms with E-state index in [2.05, 4.69) is 34.9 Å². The van der Waals surface area contributed by atoms with Crippen LogP contribution in [0.25, 0.3) is 0 Å². The maximum absolute atomic E-state index is 12.4. The fraction of sp³-hybridized carbons (Fsp3) is 0.588. The Bertz CT molecular complexity index is 501. The minimum absolute atomic E-state index is 0.0690. The van der Waals surface area contributed by atoms with Gasteiger partial charge in [0.1, 0.15) is 0 Å². The van der Waals surface area contributed by atoms with Crippen molar-refractivity contribution < 1.29 is 4.79 Å². The molecular weight excluding hydrogens is 248 g/mol. The maximum Gasteiger partial charge on any atom is 0.237 e. The first-order valence-corrected chi connectivity index (χ1v) is 7.91. The molecule has 5 unspecified atom stereocenters. The molecule has 5 atom stereocenters. The van der Waals surface area contributed by atoms with Crippen LogP contribution in [0.5, 0.6) is 0 Å². The molecule has 20 heavy (non-hydrogen) atoms. The van der Waals surface area contributed by atoms with Gasteiger partial charge in [0, 0.05) is 12.0 Å². The van der Waals surface area contributed by atoms with Crippen molar-refractivity contribution in [1.82, 2.24) is 10.6 Å². The number of fused-ring (bicyclic) bond motifs is 1. The first kappa shape index (κ1) is 12.4. The highest BCUT2D eigenvalue weighted by molar-refractivity contribution is 5.83. The van der Waals surface area contributed by atoms with Crippen LogP contribution < -0.4 is 10.6 Å². The summed E-state index contributed by atoms with van der Waals surface area (Å²) in [5.74, 6) is 2.10. The molecule has 2 saturated carbocycles. The second-order valence-corrected chi connectivity index (χ2v) is 6.61. The van der Waals surface area contributed by atoms with Crippen LogP contribution in [-0.4, -0.2) is 24.5 Å². The van der Waals surface area contributed by atoms with Crippen molar-refractivity contribution in [2.45, 2.75) is 43.7 Å². The zero-order valence-corrected chi connectivity index (χ0v) is 11.7. The minimum atomic E-state index is 0.0690. The number of benzene rings is 1. The summed E-state index contributed by atoms with van der Waals surface area (Å²) in [7, 11) is 0. The fourth-order valence-corrected chi connectivity index (χ4v) is 4.17. The van der Waals surface area contributed by atoms with E-state index in [-0.39, 0.29) is 11.9 Å². The van der Waals surface area contributed by atoms with Crippen molar-refractivity contribution in [3.05, 3.63) is 35.9 Å². The lowest BCUT2D eigenvalue weighted by atomic mass is 9.93. The predicted octanol–water partition coefficient (Wildman–Crippen LogP) is 2.05. The van der Waals surface area contributed by atoms with Crippen molar-refractivity contribution in [1.29, 1.82) is 0 Å². The van der Waals surface area contributed by atoms with Gasteiger partial charge in [-0.3, -0.25) is 4.79 Å². The summed E-state index contributed by atoms with van der Waals surface area (Å²) in [5.41, 5.74) is 1.36. The molecule has 3 aliphatic rings. The van der Waals surface area contributed by atoms with Crippen molar-refractivity contribution >= 4 is 5.91 Å². The highest BCUT2D eigenvalue weighted by atomic mass is 16.2. The standard InChI is InChI=1S/C17H22N2O/c20-17(16-13-8-4-7-12(13)10-18-16)19-15-9-14(15)11-5-2-1-3-6-11/h1-3,5-6,12-16,18H,4,7-10H2,(H,19,20). The van der Waals surface area contributed by atoms with Crippen LogP contribution in [0.1, 0.15) is 37.2 Å². The highest BCUT2D eigenvalue weighted by Gasteiger charge is 2.45. The summed E-state index contributed by atoms with van der Waals surface area (Å²) in [6, 6.07) is 11.0. The average molecular weight is 270 g/mol. The quantitative estimate of drug-likeness (QED) is 0.882. The lowest BCUT2D eigenvalue weighted by Crippen LogP contribution is -2.44. The Kier molecular flexibility index (Phi) is 3.03. The van der Waals surface area contributed by atoms with Crippen molar-refractivity contribution in [3.63, 3.8) is 0 Å². The Morgan fingerprint density at radius 2 is 2.05 bits per heavy atom. The van der Waals surface area contributed by atoms with Crippen LogP contribution in [0.15, 0.2) is 30.3 Å². The van der Waals surface area contributed by atoms with Crippen molar-refractivity contribution in [2.24, 2.45) is 11.8 Å². The Labute approximate surface area is 120 Å². The van der Waals surface area contributed by atoms with Gasteiger partial charge in [-0.25, -0.2) is 0 Å². The lowest BCUT2D eigenvalue weighted by Gasteiger charge is -2.17. The van der Waals surface area contributed by atoms with E-state index < -0.39 is 0 Å². The van der Waals surface area contributed by atoms with E-state index in [1.54, 1.807) is 0 Å². The summed E-state index contributed by atoms with van der Waals surface area (Å²) < 4.78 is 0. The Balaban J connectivity index is 1.35. The molecule has 0 spiro atoms. The predicted molar refractivity (Wildman–Crippen MR) is 78.4 cm³/mol. The van der Waals surface area contributed by atoms with Gasteiger partial charge in [0.25, 0.3) is 0 Å². The highest BCUT2D eigenvalue weighted by Crippen LogP contribution is 2.42. The van der Waals surface area contributed by atoms with Crippen LogP contribution in [0, 0.1) is 11.8 Å². The Morgan fingerprint density at radius 3 is 2.90 bits per heavy atom. The first-order valence-electron chi connectivity index (χ1n) is 7.91. The molecule has 0 bridgehead atoms. The number of hydrogen-bond donors (Lipinski definition) is 2. The molecule has 3 fully saturated rings. The second kappa shape index (κ2) is 4.88. The normalized spacial score (nSPS) is 38.5. The zero-order chi connectivity index (χ0) is 13.5. The monoisotopic (exact) mass is 270 g/mol. The van der Waals surface area contributed by atoms with E-state index in [9.17, 15) is 4.79 Å². The molecule has 0 radical (unpaired) electrons. The van der Waals surface area contributed by atoms with Gasteiger partial charge in [-0.2, -0.15) is 0 Å². The molecule has 0 aromatic heterocycles. The lowest BCUT2D eigenvalue weighted by molar-refractivity contribution is -0.123. The molecule has 2 N–H and O–H groups in total. The average Bonchev–Trinajstić information content (AvgIpc) is 2.89. The molecule has 1 amide bonds. The number of carbonyl (C=O) groups is 1. The van der Waals surface area contributed by atoms with Crippen molar-refractivity contribution in [2.75, 3.05) is 6.54 Å². The van der Waals surface area contributed by atoms with Gasteiger partial charge < -0.3 is 10.6 Å². The van der Waals surface area contributed by atoms with E-state index in [1.807, 2.05) is 6.07 Å². The summed E-state index contributed by atoms with van der Waals surface area (Å²) in [6.07, 6.45) is 4.92. The molecule has 1 aromatic carbocycles. The molecule has 1 aliphatic heterocycles. The van der Waals surface area contributed by atoms with Crippen LogP contribution in [0.2, 0.25) is 0 Å². The summed E-state index contributed by atoms with van der Waals surface area (Å²) in [4.78, 5) is 12.4. The van der Waals surface area contributed by atoms with Crippen LogP contribution in [-0.2, 0) is 4.79 Å². The smallest absolute Gasteiger partial charge is 0.237 e. The largest absolute Gasteiger partial charge is 0.351 e. The zero-order valence-electron chi connectivity index (χ0n) is 11.7. The third-order valence-corrected chi connectivity index (χ3v) is 5.37. The summed E-state index contributed by atoms with van der Waals surface area (Å²) in [6.45, 7) is 1.04. The molecule has 2 aliphatic carbocycles. The molecule has 106 valence electrons. The topological polar surface area (TPSA) is 41.1 Å².